The zero-order valence-electron chi connectivity index (χ0n) is 9.05. The monoisotopic (exact) mass is 292 g/mol. The number of rotatable bonds is 3. The van der Waals surface area contributed by atoms with Crippen molar-refractivity contribution in [1.29, 1.82) is 0 Å². The fourth-order valence-electron chi connectivity index (χ4n) is 0.888. The van der Waals surface area contributed by atoms with Crippen LogP contribution < -0.4 is 4.74 Å². The minimum absolute atomic E-state index is 0.253. The molecule has 0 atom stereocenters. The zero-order chi connectivity index (χ0) is 11.5. The fourth-order valence-corrected chi connectivity index (χ4v) is 1.33. The minimum atomic E-state index is 0.253. The summed E-state index contributed by atoms with van der Waals surface area (Å²) in [6.45, 7) is 7.12. The highest BCUT2D eigenvalue weighted by atomic mass is 79.9. The van der Waals surface area contributed by atoms with Crippen LogP contribution >= 0.6 is 27.5 Å². The molecular formula is C10H14BrClN2O. The molecule has 3 nitrogen and oxygen atoms in total. The molecule has 84 valence electrons. The van der Waals surface area contributed by atoms with Crippen molar-refractivity contribution in [2.24, 2.45) is 5.41 Å². The summed E-state index contributed by atoms with van der Waals surface area (Å²) >= 11 is 9.08. The van der Waals surface area contributed by atoms with Crippen LogP contribution in [0.4, 0.5) is 0 Å². The van der Waals surface area contributed by atoms with Gasteiger partial charge in [-0.05, 0) is 27.8 Å². The van der Waals surface area contributed by atoms with Gasteiger partial charge in [-0.3, -0.25) is 0 Å². The highest BCUT2D eigenvalue weighted by Gasteiger charge is 2.12. The first kappa shape index (κ1) is 12.7. The topological polar surface area (TPSA) is 35.0 Å². The number of hydrogen-bond donors (Lipinski definition) is 0. The molecule has 1 heterocycles. The highest BCUT2D eigenvalue weighted by Crippen LogP contribution is 2.28. The van der Waals surface area contributed by atoms with Gasteiger partial charge >= 0.3 is 0 Å². The lowest BCUT2D eigenvalue weighted by Crippen LogP contribution is -2.11. The first-order chi connectivity index (χ1) is 6.90. The summed E-state index contributed by atoms with van der Waals surface area (Å²) in [5.74, 6) is 0.499. The third kappa shape index (κ3) is 4.34. The van der Waals surface area contributed by atoms with E-state index in [9.17, 15) is 0 Å². The van der Waals surface area contributed by atoms with E-state index in [1.165, 1.54) is 6.33 Å². The summed E-state index contributed by atoms with van der Waals surface area (Å²) < 4.78 is 6.12. The van der Waals surface area contributed by atoms with Crippen LogP contribution in [0.15, 0.2) is 10.8 Å². The number of ether oxygens (including phenoxy) is 1. The van der Waals surface area contributed by atoms with Crippen LogP contribution in [0.5, 0.6) is 5.88 Å². The van der Waals surface area contributed by atoms with Gasteiger partial charge in [0.1, 0.15) is 10.8 Å². The van der Waals surface area contributed by atoms with Crippen molar-refractivity contribution in [3.8, 4) is 5.88 Å². The van der Waals surface area contributed by atoms with Crippen molar-refractivity contribution in [2.75, 3.05) is 6.61 Å². The lowest BCUT2D eigenvalue weighted by Gasteiger charge is -2.17. The molecule has 0 aliphatic rings. The quantitative estimate of drug-likeness (QED) is 0.797. The average Bonchev–Trinajstić information content (AvgIpc) is 2.10. The highest BCUT2D eigenvalue weighted by molar-refractivity contribution is 9.10. The second-order valence-electron chi connectivity index (χ2n) is 4.44. The van der Waals surface area contributed by atoms with E-state index in [0.29, 0.717) is 22.1 Å². The molecule has 0 saturated heterocycles. The zero-order valence-corrected chi connectivity index (χ0v) is 11.4. The van der Waals surface area contributed by atoms with E-state index in [2.05, 4.69) is 46.7 Å². The smallest absolute Gasteiger partial charge is 0.232 e. The lowest BCUT2D eigenvalue weighted by molar-refractivity contribution is 0.235. The second-order valence-corrected chi connectivity index (χ2v) is 5.59. The van der Waals surface area contributed by atoms with Crippen molar-refractivity contribution in [3.63, 3.8) is 0 Å². The maximum absolute atomic E-state index is 5.80. The molecule has 0 amide bonds. The molecule has 0 N–H and O–H groups in total. The molecule has 1 rings (SSSR count). The van der Waals surface area contributed by atoms with Crippen LogP contribution in [0.1, 0.15) is 27.2 Å². The number of nitrogens with zero attached hydrogens (tertiary/aromatic N) is 2. The van der Waals surface area contributed by atoms with Crippen molar-refractivity contribution in [3.05, 3.63) is 16.0 Å². The molecule has 0 aliphatic heterocycles. The first-order valence-corrected chi connectivity index (χ1v) is 5.86. The Kier molecular flexibility index (Phi) is 4.34. The van der Waals surface area contributed by atoms with Gasteiger partial charge in [-0.1, -0.05) is 32.4 Å². The molecule has 0 spiro atoms. The Morgan fingerprint density at radius 1 is 1.40 bits per heavy atom. The molecule has 0 bridgehead atoms. The van der Waals surface area contributed by atoms with Gasteiger partial charge in [0.25, 0.3) is 0 Å². The van der Waals surface area contributed by atoms with Crippen LogP contribution in [0.2, 0.25) is 5.15 Å². The maximum Gasteiger partial charge on any atom is 0.232 e. The van der Waals surface area contributed by atoms with Gasteiger partial charge in [0.15, 0.2) is 5.15 Å². The summed E-state index contributed by atoms with van der Waals surface area (Å²) in [5.41, 5.74) is 0.253. The van der Waals surface area contributed by atoms with Gasteiger partial charge in [-0.15, -0.1) is 0 Å². The third-order valence-electron chi connectivity index (χ3n) is 1.81. The molecule has 1 aromatic rings. The lowest BCUT2D eigenvalue weighted by atomic mass is 9.93. The Bertz CT molecular complexity index is 339. The molecule has 15 heavy (non-hydrogen) atoms. The second kappa shape index (κ2) is 5.12. The van der Waals surface area contributed by atoms with Crippen LogP contribution in [0, 0.1) is 5.41 Å². The number of hydrogen-bond acceptors (Lipinski definition) is 3. The van der Waals surface area contributed by atoms with Gasteiger partial charge in [-0.2, -0.15) is 0 Å². The van der Waals surface area contributed by atoms with Crippen molar-refractivity contribution >= 4 is 27.5 Å². The Morgan fingerprint density at radius 2 is 2.07 bits per heavy atom. The predicted octanol–water partition coefficient (Wildman–Crippen LogP) is 3.71. The molecule has 0 aliphatic carbocycles. The van der Waals surface area contributed by atoms with Crippen LogP contribution in [-0.2, 0) is 0 Å². The van der Waals surface area contributed by atoms with E-state index in [1.54, 1.807) is 0 Å². The van der Waals surface area contributed by atoms with E-state index < -0.39 is 0 Å². The minimum Gasteiger partial charge on any atom is -0.477 e. The molecular weight excluding hydrogens is 279 g/mol. The van der Waals surface area contributed by atoms with Gasteiger partial charge in [0.2, 0.25) is 5.88 Å². The summed E-state index contributed by atoms with van der Waals surface area (Å²) in [7, 11) is 0. The largest absolute Gasteiger partial charge is 0.477 e. The Labute approximate surface area is 103 Å². The number of halogens is 2. The molecule has 0 radical (unpaired) electrons. The fraction of sp³-hybridized carbons (Fsp3) is 0.600. The van der Waals surface area contributed by atoms with Crippen molar-refractivity contribution < 1.29 is 4.74 Å². The molecule has 0 unspecified atom stereocenters. The molecule has 0 saturated carbocycles. The first-order valence-electron chi connectivity index (χ1n) is 4.69. The summed E-state index contributed by atoms with van der Waals surface area (Å²) in [5, 5.41) is 0.371. The maximum atomic E-state index is 5.80. The van der Waals surface area contributed by atoms with E-state index in [0.717, 1.165) is 6.42 Å². The Hall–Kier alpha value is -0.350. The average molecular weight is 294 g/mol. The van der Waals surface area contributed by atoms with Crippen molar-refractivity contribution in [1.82, 2.24) is 9.97 Å². The van der Waals surface area contributed by atoms with Gasteiger partial charge in [0.05, 0.1) is 6.61 Å². The molecule has 0 aromatic carbocycles. The van der Waals surface area contributed by atoms with Crippen LogP contribution in [0.25, 0.3) is 0 Å². The SMILES string of the molecule is CC(C)(C)CCOc1ncnc(Cl)c1Br. The molecule has 5 heteroatoms. The van der Waals surface area contributed by atoms with E-state index in [1.807, 2.05) is 0 Å². The van der Waals surface area contributed by atoms with Crippen molar-refractivity contribution in [2.45, 2.75) is 27.2 Å². The molecule has 1 aromatic heterocycles. The van der Waals surface area contributed by atoms with E-state index in [-0.39, 0.29) is 5.41 Å². The predicted molar refractivity (Wildman–Crippen MR) is 64.3 cm³/mol. The van der Waals surface area contributed by atoms with Crippen LogP contribution in [-0.4, -0.2) is 16.6 Å². The molecule has 0 fully saturated rings. The summed E-state index contributed by atoms with van der Waals surface area (Å²) in [4.78, 5) is 7.82. The van der Waals surface area contributed by atoms with Gasteiger partial charge in [0, 0.05) is 0 Å². The van der Waals surface area contributed by atoms with E-state index in [4.69, 9.17) is 16.3 Å². The Balaban J connectivity index is 2.55. The summed E-state index contributed by atoms with van der Waals surface area (Å²) in [6.07, 6.45) is 2.35. The van der Waals surface area contributed by atoms with Gasteiger partial charge < -0.3 is 4.74 Å². The number of aromatic nitrogens is 2. The summed E-state index contributed by atoms with van der Waals surface area (Å²) in [6, 6.07) is 0. The van der Waals surface area contributed by atoms with E-state index >= 15 is 0 Å². The Morgan fingerprint density at radius 3 is 2.67 bits per heavy atom. The van der Waals surface area contributed by atoms with Gasteiger partial charge in [-0.25, -0.2) is 9.97 Å². The standard InChI is InChI=1S/C10H14BrClN2O/c1-10(2,3)4-5-15-9-7(11)8(12)13-6-14-9/h6H,4-5H2,1-3H3. The normalized spacial score (nSPS) is 11.5. The van der Waals surface area contributed by atoms with Crippen LogP contribution in [0.3, 0.4) is 0 Å². The third-order valence-corrected chi connectivity index (χ3v) is 3.04.